The average Bonchev–Trinajstić information content (AvgIpc) is 3.26. The van der Waals surface area contributed by atoms with Crippen LogP contribution in [0.25, 0.3) is 0 Å². The van der Waals surface area contributed by atoms with Crippen molar-refractivity contribution in [3.05, 3.63) is 38.5 Å². The molecule has 0 bridgehead atoms. The number of halogens is 3. The van der Waals surface area contributed by atoms with E-state index in [-0.39, 0.29) is 6.04 Å². The van der Waals surface area contributed by atoms with Crippen molar-refractivity contribution in [3.8, 4) is 0 Å². The standard InChI is InChI=1S/C16H17F3N2O2S2/c1-10-8-25-14(20-10)15(23,16(17,18)19)7-13(22)21-5-2-3-12(21)11-4-6-24-9-11/h4,6,8-9,12,23H,2-3,5,7H2,1H3. The number of rotatable bonds is 4. The molecule has 2 atom stereocenters. The Balaban J connectivity index is 1.86. The molecule has 1 saturated heterocycles. The predicted molar refractivity (Wildman–Crippen MR) is 89.4 cm³/mol. The Morgan fingerprint density at radius 2 is 2.20 bits per heavy atom. The largest absolute Gasteiger partial charge is 0.424 e. The van der Waals surface area contributed by atoms with Crippen molar-refractivity contribution >= 4 is 28.6 Å². The third-order valence-corrected chi connectivity index (χ3v) is 6.16. The second kappa shape index (κ2) is 6.69. The van der Waals surface area contributed by atoms with Crippen molar-refractivity contribution in [2.75, 3.05) is 6.54 Å². The molecule has 2 aromatic rings. The van der Waals surface area contributed by atoms with Gasteiger partial charge in [-0.1, -0.05) is 0 Å². The first-order valence-corrected chi connectivity index (χ1v) is 9.58. The number of likely N-dealkylation sites (tertiary alicyclic amines) is 1. The average molecular weight is 390 g/mol. The highest BCUT2D eigenvalue weighted by molar-refractivity contribution is 7.09. The maximum Gasteiger partial charge on any atom is 0.424 e. The third-order valence-electron chi connectivity index (χ3n) is 4.35. The minimum Gasteiger partial charge on any atom is -0.374 e. The number of carbonyl (C=O) groups is 1. The lowest BCUT2D eigenvalue weighted by Crippen LogP contribution is -2.47. The van der Waals surface area contributed by atoms with E-state index < -0.39 is 29.1 Å². The first kappa shape index (κ1) is 18.3. The molecular formula is C16H17F3N2O2S2. The first-order valence-electron chi connectivity index (χ1n) is 7.75. The molecule has 1 aliphatic heterocycles. The van der Waals surface area contributed by atoms with Gasteiger partial charge >= 0.3 is 6.18 Å². The molecule has 0 radical (unpaired) electrons. The van der Waals surface area contributed by atoms with Crippen LogP contribution in [-0.4, -0.2) is 33.6 Å². The van der Waals surface area contributed by atoms with Gasteiger partial charge in [0.05, 0.1) is 12.5 Å². The van der Waals surface area contributed by atoms with Crippen molar-refractivity contribution in [3.63, 3.8) is 0 Å². The second-order valence-corrected chi connectivity index (χ2v) is 7.77. The highest BCUT2D eigenvalue weighted by Gasteiger charge is 2.58. The Kier molecular flexibility index (Phi) is 4.91. The van der Waals surface area contributed by atoms with Crippen LogP contribution in [0, 0.1) is 6.92 Å². The van der Waals surface area contributed by atoms with Crippen LogP contribution in [0.4, 0.5) is 13.2 Å². The van der Waals surface area contributed by atoms with Crippen molar-refractivity contribution in [2.24, 2.45) is 0 Å². The van der Waals surface area contributed by atoms with E-state index in [1.807, 2.05) is 16.8 Å². The molecule has 25 heavy (non-hydrogen) atoms. The molecule has 1 N–H and O–H groups in total. The van der Waals surface area contributed by atoms with E-state index in [0.29, 0.717) is 30.0 Å². The molecule has 9 heteroatoms. The fraction of sp³-hybridized carbons (Fsp3) is 0.500. The number of hydrogen-bond acceptors (Lipinski definition) is 5. The van der Waals surface area contributed by atoms with Gasteiger partial charge in [-0.15, -0.1) is 11.3 Å². The number of carbonyl (C=O) groups excluding carboxylic acids is 1. The molecule has 2 aromatic heterocycles. The van der Waals surface area contributed by atoms with Crippen molar-refractivity contribution < 1.29 is 23.1 Å². The Bertz CT molecular complexity index is 745. The summed E-state index contributed by atoms with van der Waals surface area (Å²) in [5.74, 6) is -0.707. The molecule has 0 aromatic carbocycles. The van der Waals surface area contributed by atoms with Crippen LogP contribution in [0.5, 0.6) is 0 Å². The van der Waals surface area contributed by atoms with E-state index in [9.17, 15) is 23.1 Å². The highest BCUT2D eigenvalue weighted by atomic mass is 32.1. The van der Waals surface area contributed by atoms with Crippen LogP contribution >= 0.6 is 22.7 Å². The summed E-state index contributed by atoms with van der Waals surface area (Å²) < 4.78 is 40.7. The Morgan fingerprint density at radius 1 is 1.44 bits per heavy atom. The first-order chi connectivity index (χ1) is 11.7. The lowest BCUT2D eigenvalue weighted by atomic mass is 9.98. The Labute approximate surface area is 150 Å². The van der Waals surface area contributed by atoms with Gasteiger partial charge in [0.25, 0.3) is 0 Å². The van der Waals surface area contributed by atoms with Crippen LogP contribution in [0.2, 0.25) is 0 Å². The van der Waals surface area contributed by atoms with Gasteiger partial charge in [-0.05, 0) is 42.2 Å². The number of hydrogen-bond donors (Lipinski definition) is 1. The summed E-state index contributed by atoms with van der Waals surface area (Å²) in [7, 11) is 0. The monoisotopic (exact) mass is 390 g/mol. The van der Waals surface area contributed by atoms with Crippen LogP contribution in [0.1, 0.15) is 41.6 Å². The summed E-state index contributed by atoms with van der Waals surface area (Å²) in [6.07, 6.45) is -4.59. The zero-order valence-corrected chi connectivity index (χ0v) is 15.0. The molecule has 1 amide bonds. The Morgan fingerprint density at radius 3 is 2.76 bits per heavy atom. The molecule has 0 spiro atoms. The van der Waals surface area contributed by atoms with E-state index >= 15 is 0 Å². The van der Waals surface area contributed by atoms with E-state index in [4.69, 9.17) is 0 Å². The molecule has 1 aliphatic rings. The van der Waals surface area contributed by atoms with E-state index in [2.05, 4.69) is 4.98 Å². The number of amides is 1. The second-order valence-electron chi connectivity index (χ2n) is 6.13. The van der Waals surface area contributed by atoms with Gasteiger partial charge in [0.1, 0.15) is 5.01 Å². The minimum atomic E-state index is -4.98. The van der Waals surface area contributed by atoms with Crippen molar-refractivity contribution in [1.82, 2.24) is 9.88 Å². The van der Waals surface area contributed by atoms with Gasteiger partial charge in [0.15, 0.2) is 0 Å². The maximum absolute atomic E-state index is 13.6. The van der Waals surface area contributed by atoms with E-state index in [1.54, 1.807) is 6.92 Å². The van der Waals surface area contributed by atoms with E-state index in [1.165, 1.54) is 21.6 Å². The summed E-state index contributed by atoms with van der Waals surface area (Å²) in [6.45, 7) is 1.94. The molecule has 1 fully saturated rings. The molecule has 3 heterocycles. The zero-order valence-electron chi connectivity index (χ0n) is 13.4. The molecule has 0 saturated carbocycles. The van der Waals surface area contributed by atoms with Gasteiger partial charge in [-0.25, -0.2) is 4.98 Å². The van der Waals surface area contributed by atoms with Crippen molar-refractivity contribution in [2.45, 2.75) is 44.0 Å². The van der Waals surface area contributed by atoms with Gasteiger partial charge in [-0.3, -0.25) is 4.79 Å². The summed E-state index contributed by atoms with van der Waals surface area (Å²) in [5.41, 5.74) is -1.95. The summed E-state index contributed by atoms with van der Waals surface area (Å²) in [4.78, 5) is 17.9. The predicted octanol–water partition coefficient (Wildman–Crippen LogP) is 4.02. The molecule has 4 nitrogen and oxygen atoms in total. The topological polar surface area (TPSA) is 53.4 Å². The van der Waals surface area contributed by atoms with Gasteiger partial charge < -0.3 is 10.0 Å². The van der Waals surface area contributed by atoms with Crippen LogP contribution in [0.3, 0.4) is 0 Å². The number of thiazole rings is 1. The number of aryl methyl sites for hydroxylation is 1. The fourth-order valence-electron chi connectivity index (χ4n) is 3.04. The van der Waals surface area contributed by atoms with E-state index in [0.717, 1.165) is 12.0 Å². The molecule has 136 valence electrons. The number of thiophene rings is 1. The lowest BCUT2D eigenvalue weighted by molar-refractivity contribution is -0.268. The fourth-order valence-corrected chi connectivity index (χ4v) is 4.66. The number of aliphatic hydroxyl groups is 1. The number of nitrogens with zero attached hydrogens (tertiary/aromatic N) is 2. The Hall–Kier alpha value is -1.45. The number of aromatic nitrogens is 1. The quantitative estimate of drug-likeness (QED) is 0.858. The van der Waals surface area contributed by atoms with Crippen molar-refractivity contribution in [1.29, 1.82) is 0 Å². The van der Waals surface area contributed by atoms with Gasteiger partial charge in [0.2, 0.25) is 11.5 Å². The summed E-state index contributed by atoms with van der Waals surface area (Å²) >= 11 is 2.20. The third kappa shape index (κ3) is 3.45. The molecule has 0 aliphatic carbocycles. The smallest absolute Gasteiger partial charge is 0.374 e. The van der Waals surface area contributed by atoms with Crippen LogP contribution in [0.15, 0.2) is 22.2 Å². The highest BCUT2D eigenvalue weighted by Crippen LogP contribution is 2.44. The normalized spacial score (nSPS) is 20.7. The van der Waals surface area contributed by atoms with Gasteiger partial charge in [-0.2, -0.15) is 24.5 Å². The number of alkyl halides is 3. The summed E-state index contributed by atoms with van der Waals surface area (Å²) in [6, 6.07) is 1.65. The molecule has 3 rings (SSSR count). The SMILES string of the molecule is Cc1csc(C(O)(CC(=O)N2CCCC2c2ccsc2)C(F)(F)F)n1. The maximum atomic E-state index is 13.6. The molecular weight excluding hydrogens is 373 g/mol. The zero-order chi connectivity index (χ0) is 18.2. The molecule has 2 unspecified atom stereocenters. The lowest BCUT2D eigenvalue weighted by Gasteiger charge is -2.31. The van der Waals surface area contributed by atoms with Crippen LogP contribution in [-0.2, 0) is 10.4 Å². The van der Waals surface area contributed by atoms with Crippen LogP contribution < -0.4 is 0 Å². The van der Waals surface area contributed by atoms with Gasteiger partial charge in [0, 0.05) is 17.6 Å². The summed E-state index contributed by atoms with van der Waals surface area (Å²) in [5, 5.41) is 15.1. The minimum absolute atomic E-state index is 0.228.